The number of carbonyl (C=O) groups excluding carboxylic acids is 6. The van der Waals surface area contributed by atoms with E-state index in [2.05, 4.69) is 16.0 Å². The van der Waals surface area contributed by atoms with Gasteiger partial charge in [0.25, 0.3) is 11.8 Å². The number of rotatable bonds is 20. The van der Waals surface area contributed by atoms with Crippen molar-refractivity contribution in [3.8, 4) is 5.75 Å². The summed E-state index contributed by atoms with van der Waals surface area (Å²) in [5.74, 6) is -6.46. The lowest BCUT2D eigenvalue weighted by atomic mass is 10.1. The van der Waals surface area contributed by atoms with E-state index in [0.29, 0.717) is 9.13 Å². The fraction of sp³-hybridized carbons (Fsp3) is 0.528. The summed E-state index contributed by atoms with van der Waals surface area (Å²) >= 11 is 1.91. The monoisotopic (exact) mass is 943 g/mol. The number of carboxylic acid groups (broad SMARTS) is 3. The van der Waals surface area contributed by atoms with Crippen LogP contribution in [-0.4, -0.2) is 221 Å². The Morgan fingerprint density at radius 1 is 0.644 bits per heavy atom. The molecule has 2 aliphatic heterocycles. The van der Waals surface area contributed by atoms with Gasteiger partial charge in [-0.1, -0.05) is 6.07 Å². The van der Waals surface area contributed by atoms with E-state index in [1.807, 2.05) is 22.6 Å². The minimum absolute atomic E-state index is 0.0261. The van der Waals surface area contributed by atoms with Crippen LogP contribution in [0.4, 0.5) is 0 Å². The number of benzene rings is 1. The molecular formula is C36H50IN9O13. The second kappa shape index (κ2) is 24.6. The predicted molar refractivity (Wildman–Crippen MR) is 215 cm³/mol. The Hall–Kier alpha value is -5.24. The molecule has 2 heterocycles. The maximum absolute atomic E-state index is 13.5. The summed E-state index contributed by atoms with van der Waals surface area (Å²) in [7, 11) is 0. The number of halogens is 1. The van der Waals surface area contributed by atoms with Gasteiger partial charge in [-0.25, -0.2) is 0 Å². The van der Waals surface area contributed by atoms with E-state index in [1.54, 1.807) is 31.7 Å². The van der Waals surface area contributed by atoms with Crippen LogP contribution in [0.25, 0.3) is 0 Å². The van der Waals surface area contributed by atoms with Crippen molar-refractivity contribution in [3.63, 3.8) is 0 Å². The third-order valence-electron chi connectivity index (χ3n) is 9.14. The average molecular weight is 944 g/mol. The van der Waals surface area contributed by atoms with Crippen molar-refractivity contribution < 1.29 is 63.6 Å². The number of carboxylic acids is 3. The molecule has 59 heavy (non-hydrogen) atoms. The Kier molecular flexibility index (Phi) is 20.1. The molecule has 0 atom stereocenters. The molecule has 1 saturated heterocycles. The molecule has 0 saturated carbocycles. The zero-order valence-corrected chi connectivity index (χ0v) is 34.5. The van der Waals surface area contributed by atoms with E-state index in [-0.39, 0.29) is 117 Å². The van der Waals surface area contributed by atoms with Crippen molar-refractivity contribution >= 4 is 75.9 Å². The van der Waals surface area contributed by atoms with Crippen LogP contribution in [0.1, 0.15) is 5.56 Å². The quantitative estimate of drug-likeness (QED) is 0.0486. The molecule has 23 heteroatoms. The molecule has 0 aromatic heterocycles. The Morgan fingerprint density at radius 3 is 1.59 bits per heavy atom. The minimum atomic E-state index is -1.08. The van der Waals surface area contributed by atoms with Crippen molar-refractivity contribution in [3.05, 3.63) is 39.5 Å². The highest BCUT2D eigenvalue weighted by atomic mass is 127. The molecule has 7 N–H and O–H groups in total. The molecule has 22 nitrogen and oxygen atoms in total. The lowest BCUT2D eigenvalue weighted by Crippen LogP contribution is -2.50. The molecule has 1 aromatic carbocycles. The first-order chi connectivity index (χ1) is 28.0. The van der Waals surface area contributed by atoms with Gasteiger partial charge in [-0.2, -0.15) is 0 Å². The topological polar surface area (TPSA) is 290 Å². The molecular weight excluding hydrogens is 893 g/mol. The van der Waals surface area contributed by atoms with Gasteiger partial charge in [0, 0.05) is 90.7 Å². The van der Waals surface area contributed by atoms with Gasteiger partial charge >= 0.3 is 17.9 Å². The zero-order valence-electron chi connectivity index (χ0n) is 32.3. The zero-order chi connectivity index (χ0) is 43.5. The van der Waals surface area contributed by atoms with Gasteiger partial charge in [-0.05, 0) is 40.3 Å². The molecule has 0 radical (unpaired) electrons. The van der Waals surface area contributed by atoms with Crippen LogP contribution in [0.5, 0.6) is 5.75 Å². The highest BCUT2D eigenvalue weighted by Gasteiger charge is 2.24. The van der Waals surface area contributed by atoms with Crippen LogP contribution in [0.15, 0.2) is 30.4 Å². The lowest BCUT2D eigenvalue weighted by Gasteiger charge is -2.32. The van der Waals surface area contributed by atoms with Gasteiger partial charge in [-0.15, -0.1) is 0 Å². The van der Waals surface area contributed by atoms with Crippen LogP contribution < -0.4 is 16.0 Å². The number of carbonyl (C=O) groups is 9. The largest absolute Gasteiger partial charge is 0.507 e. The van der Waals surface area contributed by atoms with Crippen LogP contribution in [-0.2, 0) is 49.6 Å². The summed E-state index contributed by atoms with van der Waals surface area (Å²) in [6.45, 7) is -0.640. The molecule has 324 valence electrons. The van der Waals surface area contributed by atoms with Crippen molar-refractivity contribution in [1.82, 2.24) is 45.3 Å². The van der Waals surface area contributed by atoms with Gasteiger partial charge in [0.1, 0.15) is 5.75 Å². The van der Waals surface area contributed by atoms with E-state index in [4.69, 9.17) is 0 Å². The number of hydrogen-bond donors (Lipinski definition) is 7. The fourth-order valence-corrected chi connectivity index (χ4v) is 6.62. The number of nitrogens with one attached hydrogen (secondary N) is 3. The van der Waals surface area contributed by atoms with Crippen molar-refractivity contribution in [1.29, 1.82) is 0 Å². The van der Waals surface area contributed by atoms with E-state index in [1.165, 1.54) is 11.0 Å². The molecule has 6 amide bonds. The molecule has 3 rings (SSSR count). The molecule has 1 aromatic rings. The first-order valence-corrected chi connectivity index (χ1v) is 19.7. The Balaban J connectivity index is 1.62. The SMILES string of the molecule is O=C(O)CN1CCN(CC(=O)O)CCN(CC(=O)NCCN(CC(=O)NCC(=O)NCCN2C(=O)C=CC2=O)C(=O)Cc2ccc(O)c(I)c2)CCN(CC(=O)O)CC1. The molecule has 1 fully saturated rings. The summed E-state index contributed by atoms with van der Waals surface area (Å²) in [5.41, 5.74) is 0.551. The van der Waals surface area contributed by atoms with E-state index < -0.39 is 66.4 Å². The standard InChI is InChI=1S/C36H50IN9O13/c37-26-17-25(1-2-27(26)47)18-33(53)45(21-30(50)40-19-28(48)38-6-8-46-31(51)3-4-32(46)52)7-5-39-29(49)20-41-9-11-42(22-34(54)55)13-15-44(24-36(58)59)16-14-43(12-10-41)23-35(56)57/h1-4,17,47H,5-16,18-24H2,(H,38,48)(H,39,49)(H,40,50)(H,54,55)(H,56,57)(H,58,59). The Bertz CT molecular complexity index is 1700. The van der Waals surface area contributed by atoms with Gasteiger partial charge in [0.15, 0.2) is 0 Å². The fourth-order valence-electron chi connectivity index (χ4n) is 6.04. The number of phenols is 1. The molecule has 0 unspecified atom stereocenters. The summed E-state index contributed by atoms with van der Waals surface area (Å²) in [6.07, 6.45) is 2.08. The number of amides is 6. The Labute approximate surface area is 353 Å². The first kappa shape index (κ1) is 48.1. The number of nitrogens with zero attached hydrogens (tertiary/aromatic N) is 6. The van der Waals surface area contributed by atoms with Crippen LogP contribution in [0.3, 0.4) is 0 Å². The maximum Gasteiger partial charge on any atom is 0.317 e. The summed E-state index contributed by atoms with van der Waals surface area (Å²) in [6, 6.07) is 4.59. The number of aromatic hydroxyl groups is 1. The predicted octanol–water partition coefficient (Wildman–Crippen LogP) is -3.88. The van der Waals surface area contributed by atoms with E-state index >= 15 is 0 Å². The number of phenolic OH excluding ortho intramolecular Hbond substituents is 1. The second-order valence-corrected chi connectivity index (χ2v) is 14.9. The third kappa shape index (κ3) is 18.5. The summed E-state index contributed by atoms with van der Waals surface area (Å²) in [5, 5.41) is 45.9. The molecule has 0 aliphatic carbocycles. The van der Waals surface area contributed by atoms with Gasteiger partial charge < -0.3 is 41.3 Å². The lowest BCUT2D eigenvalue weighted by molar-refractivity contribution is -0.140. The molecule has 2 aliphatic rings. The number of imide groups is 1. The normalized spacial score (nSPS) is 16.2. The van der Waals surface area contributed by atoms with E-state index in [9.17, 15) is 63.6 Å². The van der Waals surface area contributed by atoms with Crippen molar-refractivity contribution in [2.24, 2.45) is 0 Å². The third-order valence-corrected chi connectivity index (χ3v) is 10.0. The minimum Gasteiger partial charge on any atom is -0.507 e. The number of hydrogen-bond acceptors (Lipinski definition) is 14. The van der Waals surface area contributed by atoms with Gasteiger partial charge in [0.05, 0.1) is 49.3 Å². The van der Waals surface area contributed by atoms with Gasteiger partial charge in [0.2, 0.25) is 23.6 Å². The smallest absolute Gasteiger partial charge is 0.317 e. The van der Waals surface area contributed by atoms with Crippen molar-refractivity contribution in [2.75, 3.05) is 118 Å². The molecule has 0 spiro atoms. The van der Waals surface area contributed by atoms with Crippen LogP contribution >= 0.6 is 22.6 Å². The second-order valence-electron chi connectivity index (χ2n) is 13.7. The molecule has 0 bridgehead atoms. The van der Waals surface area contributed by atoms with Crippen LogP contribution in [0, 0.1) is 3.57 Å². The highest BCUT2D eigenvalue weighted by Crippen LogP contribution is 2.20. The first-order valence-electron chi connectivity index (χ1n) is 18.6. The van der Waals surface area contributed by atoms with E-state index in [0.717, 1.165) is 17.1 Å². The van der Waals surface area contributed by atoms with Crippen molar-refractivity contribution in [2.45, 2.75) is 6.42 Å². The maximum atomic E-state index is 13.5. The highest BCUT2D eigenvalue weighted by molar-refractivity contribution is 14.1. The Morgan fingerprint density at radius 2 is 1.12 bits per heavy atom. The summed E-state index contributed by atoms with van der Waals surface area (Å²) < 4.78 is 0.504. The number of aliphatic carboxylic acids is 3. The van der Waals surface area contributed by atoms with Gasteiger partial charge in [-0.3, -0.25) is 67.7 Å². The average Bonchev–Trinajstić information content (AvgIpc) is 3.47. The summed E-state index contributed by atoms with van der Waals surface area (Å²) in [4.78, 5) is 119. The van der Waals surface area contributed by atoms with Crippen LogP contribution in [0.2, 0.25) is 0 Å².